The van der Waals surface area contributed by atoms with E-state index in [1.807, 2.05) is 42.6 Å². The quantitative estimate of drug-likeness (QED) is 0.518. The molecule has 6 nitrogen and oxygen atoms in total. The van der Waals surface area contributed by atoms with Crippen LogP contribution in [0.4, 0.5) is 4.79 Å². The van der Waals surface area contributed by atoms with E-state index in [4.69, 9.17) is 14.7 Å². The van der Waals surface area contributed by atoms with Gasteiger partial charge in [0.15, 0.2) is 0 Å². The van der Waals surface area contributed by atoms with Gasteiger partial charge in [0, 0.05) is 23.6 Å². The smallest absolute Gasteiger partial charge is 0.407 e. The van der Waals surface area contributed by atoms with Crippen LogP contribution in [0, 0.1) is 11.3 Å². The molecule has 1 heterocycles. The van der Waals surface area contributed by atoms with Gasteiger partial charge in [0.05, 0.1) is 18.2 Å². The maximum atomic E-state index is 11.6. The fourth-order valence-corrected chi connectivity index (χ4v) is 3.01. The number of amides is 1. The Hall–Kier alpha value is -3.46. The first-order valence-corrected chi connectivity index (χ1v) is 9.82. The summed E-state index contributed by atoms with van der Waals surface area (Å²) in [6.45, 7) is 3.41. The first-order valence-electron chi connectivity index (χ1n) is 9.82. The van der Waals surface area contributed by atoms with E-state index in [1.165, 1.54) is 0 Å². The number of nitrogens with zero attached hydrogens (tertiary/aromatic N) is 1. The van der Waals surface area contributed by atoms with Crippen LogP contribution in [0.25, 0.3) is 10.9 Å². The van der Waals surface area contributed by atoms with E-state index < -0.39 is 0 Å². The van der Waals surface area contributed by atoms with Crippen molar-refractivity contribution in [1.82, 2.24) is 10.3 Å². The molecule has 1 amide bonds. The van der Waals surface area contributed by atoms with E-state index in [1.54, 1.807) is 6.07 Å². The highest BCUT2D eigenvalue weighted by Crippen LogP contribution is 2.24. The van der Waals surface area contributed by atoms with Crippen LogP contribution in [0.1, 0.15) is 36.5 Å². The molecule has 0 bridgehead atoms. The Morgan fingerprint density at radius 2 is 2.14 bits per heavy atom. The van der Waals surface area contributed by atoms with E-state index in [9.17, 15) is 4.79 Å². The van der Waals surface area contributed by atoms with Crippen LogP contribution in [0.3, 0.4) is 0 Å². The minimum atomic E-state index is -0.373. The fourth-order valence-electron chi connectivity index (χ4n) is 3.01. The Balaban J connectivity index is 1.58. The minimum Gasteiger partial charge on any atom is -0.489 e. The van der Waals surface area contributed by atoms with Crippen LogP contribution in [0.5, 0.6) is 5.75 Å². The van der Waals surface area contributed by atoms with Gasteiger partial charge in [0.25, 0.3) is 0 Å². The van der Waals surface area contributed by atoms with Crippen LogP contribution in [-0.4, -0.2) is 24.2 Å². The van der Waals surface area contributed by atoms with Gasteiger partial charge in [-0.3, -0.25) is 0 Å². The van der Waals surface area contributed by atoms with Crippen molar-refractivity contribution in [2.45, 2.75) is 32.8 Å². The zero-order valence-corrected chi connectivity index (χ0v) is 16.5. The largest absolute Gasteiger partial charge is 0.489 e. The molecule has 0 unspecified atom stereocenters. The minimum absolute atomic E-state index is 0.373. The molecule has 2 N–H and O–H groups in total. The SMILES string of the molecule is CCCCOC(=O)NCCc1c[nH]c2ccc(OCc3cccc(C#N)c3)cc12. The number of aromatic amines is 1. The summed E-state index contributed by atoms with van der Waals surface area (Å²) in [6, 6.07) is 15.4. The van der Waals surface area contributed by atoms with Gasteiger partial charge < -0.3 is 19.8 Å². The molecule has 0 atom stereocenters. The molecule has 1 aromatic heterocycles. The van der Waals surface area contributed by atoms with Gasteiger partial charge >= 0.3 is 6.09 Å². The van der Waals surface area contributed by atoms with Gasteiger partial charge in [-0.1, -0.05) is 25.5 Å². The Bertz CT molecular complexity index is 1000. The van der Waals surface area contributed by atoms with Crippen molar-refractivity contribution >= 4 is 17.0 Å². The number of benzene rings is 2. The van der Waals surface area contributed by atoms with Crippen molar-refractivity contribution in [3.8, 4) is 11.8 Å². The molecule has 0 fully saturated rings. The van der Waals surface area contributed by atoms with Crippen molar-refractivity contribution in [3.63, 3.8) is 0 Å². The molecule has 0 saturated carbocycles. The van der Waals surface area contributed by atoms with Crippen molar-refractivity contribution in [3.05, 3.63) is 65.4 Å². The highest BCUT2D eigenvalue weighted by atomic mass is 16.5. The number of rotatable bonds is 9. The number of hydrogen-bond donors (Lipinski definition) is 2. The molecule has 3 aromatic rings. The molecular formula is C23H25N3O3. The Morgan fingerprint density at radius 3 is 2.97 bits per heavy atom. The van der Waals surface area contributed by atoms with Gasteiger partial charge in [0.1, 0.15) is 12.4 Å². The normalized spacial score (nSPS) is 10.5. The average molecular weight is 391 g/mol. The van der Waals surface area contributed by atoms with Crippen molar-refractivity contribution in [1.29, 1.82) is 5.26 Å². The third-order valence-electron chi connectivity index (χ3n) is 4.60. The number of alkyl carbamates (subject to hydrolysis) is 1. The molecule has 0 radical (unpaired) electrons. The first-order chi connectivity index (χ1) is 14.2. The number of carbonyl (C=O) groups excluding carboxylic acids is 1. The zero-order chi connectivity index (χ0) is 20.5. The molecule has 0 aliphatic heterocycles. The second-order valence-corrected chi connectivity index (χ2v) is 6.79. The standard InChI is InChI=1S/C23H25N3O3/c1-2-3-11-28-23(27)25-10-9-19-15-26-22-8-7-20(13-21(19)22)29-16-18-6-4-5-17(12-18)14-24/h4-8,12-13,15,26H,2-3,9-11,16H2,1H3,(H,25,27). The molecule has 0 spiro atoms. The van der Waals surface area contributed by atoms with E-state index in [-0.39, 0.29) is 6.09 Å². The molecule has 29 heavy (non-hydrogen) atoms. The molecule has 2 aromatic carbocycles. The number of unbranched alkanes of at least 4 members (excludes halogenated alkanes) is 1. The predicted molar refractivity (Wildman–Crippen MR) is 112 cm³/mol. The summed E-state index contributed by atoms with van der Waals surface area (Å²) in [5, 5.41) is 12.9. The van der Waals surface area contributed by atoms with Crippen molar-refractivity contribution in [2.24, 2.45) is 0 Å². The lowest BCUT2D eigenvalue weighted by Crippen LogP contribution is -2.26. The second kappa shape index (κ2) is 10.2. The molecule has 150 valence electrons. The lowest BCUT2D eigenvalue weighted by atomic mass is 10.1. The van der Waals surface area contributed by atoms with Gasteiger partial charge in [-0.05, 0) is 54.3 Å². The first kappa shape index (κ1) is 20.3. The summed E-state index contributed by atoms with van der Waals surface area (Å²) < 4.78 is 11.0. The van der Waals surface area contributed by atoms with E-state index in [0.29, 0.717) is 31.7 Å². The lowest BCUT2D eigenvalue weighted by Gasteiger charge is -2.08. The maximum absolute atomic E-state index is 11.6. The third-order valence-corrected chi connectivity index (χ3v) is 4.60. The second-order valence-electron chi connectivity index (χ2n) is 6.79. The summed E-state index contributed by atoms with van der Waals surface area (Å²) >= 11 is 0. The summed E-state index contributed by atoms with van der Waals surface area (Å²) in [7, 11) is 0. The number of ether oxygens (including phenoxy) is 2. The molecule has 0 aliphatic carbocycles. The summed E-state index contributed by atoms with van der Waals surface area (Å²) in [4.78, 5) is 14.9. The predicted octanol–water partition coefficient (Wildman–Crippen LogP) is 4.69. The number of carbonyl (C=O) groups is 1. The molecule has 0 aliphatic rings. The summed E-state index contributed by atoms with van der Waals surface area (Å²) in [5.41, 5.74) is 3.69. The highest BCUT2D eigenvalue weighted by molar-refractivity contribution is 5.84. The Labute approximate surface area is 170 Å². The monoisotopic (exact) mass is 391 g/mol. The van der Waals surface area contributed by atoms with Crippen molar-refractivity contribution in [2.75, 3.05) is 13.2 Å². The van der Waals surface area contributed by atoms with Crippen LogP contribution in [0.2, 0.25) is 0 Å². The van der Waals surface area contributed by atoms with Gasteiger partial charge in [0.2, 0.25) is 0 Å². The number of hydrogen-bond acceptors (Lipinski definition) is 4. The Kier molecular flexibility index (Phi) is 7.12. The zero-order valence-electron chi connectivity index (χ0n) is 16.5. The maximum Gasteiger partial charge on any atom is 0.407 e. The third kappa shape index (κ3) is 5.76. The fraction of sp³-hybridized carbons (Fsp3) is 0.304. The number of nitrogens with one attached hydrogen (secondary N) is 2. The number of aromatic nitrogens is 1. The van der Waals surface area contributed by atoms with Crippen LogP contribution < -0.4 is 10.1 Å². The number of H-pyrrole nitrogens is 1. The molecule has 0 saturated heterocycles. The van der Waals surface area contributed by atoms with Crippen LogP contribution in [-0.2, 0) is 17.8 Å². The highest BCUT2D eigenvalue weighted by Gasteiger charge is 2.07. The topological polar surface area (TPSA) is 87.1 Å². The van der Waals surface area contributed by atoms with E-state index in [2.05, 4.69) is 23.3 Å². The average Bonchev–Trinajstić information content (AvgIpc) is 3.15. The van der Waals surface area contributed by atoms with Crippen LogP contribution >= 0.6 is 0 Å². The van der Waals surface area contributed by atoms with E-state index >= 15 is 0 Å². The summed E-state index contributed by atoms with van der Waals surface area (Å²) in [6.07, 6.45) is 4.14. The lowest BCUT2D eigenvalue weighted by molar-refractivity contribution is 0.144. The van der Waals surface area contributed by atoms with Crippen molar-refractivity contribution < 1.29 is 14.3 Å². The molecular weight excluding hydrogens is 366 g/mol. The Morgan fingerprint density at radius 1 is 1.24 bits per heavy atom. The van der Waals surface area contributed by atoms with Gasteiger partial charge in [-0.2, -0.15) is 5.26 Å². The van der Waals surface area contributed by atoms with Gasteiger partial charge in [-0.25, -0.2) is 4.79 Å². The summed E-state index contributed by atoms with van der Waals surface area (Å²) in [5.74, 6) is 0.757. The molecule has 3 rings (SSSR count). The number of nitriles is 1. The number of fused-ring (bicyclic) bond motifs is 1. The van der Waals surface area contributed by atoms with Crippen LogP contribution in [0.15, 0.2) is 48.7 Å². The molecule has 6 heteroatoms. The van der Waals surface area contributed by atoms with Gasteiger partial charge in [-0.15, -0.1) is 0 Å². The van der Waals surface area contributed by atoms with E-state index in [0.717, 1.165) is 40.6 Å².